The number of hydrogen-bond donors (Lipinski definition) is 0. The Morgan fingerprint density at radius 2 is 3.25 bits per heavy atom. The van der Waals surface area contributed by atoms with Crippen LogP contribution in [0.15, 0.2) is 4.36 Å². The summed E-state index contributed by atoms with van der Waals surface area (Å²) in [5.41, 5.74) is 0. The molecule has 0 aromatic rings. The summed E-state index contributed by atoms with van der Waals surface area (Å²) >= 11 is 4.16. The number of nitrogens with zero attached hydrogens (tertiary/aromatic N) is 1. The largest absolute Gasteiger partial charge is 0.220 e. The van der Waals surface area contributed by atoms with Gasteiger partial charge in [0.05, 0.1) is 0 Å². The van der Waals surface area contributed by atoms with Crippen LogP contribution in [-0.4, -0.2) is 6.54 Å². The van der Waals surface area contributed by atoms with E-state index in [9.17, 15) is 0 Å². The van der Waals surface area contributed by atoms with Crippen molar-refractivity contribution < 1.29 is 1.37 Å². The lowest BCUT2D eigenvalue weighted by atomic mass is 10.8. The molecule has 0 aromatic carbocycles. The predicted molar refractivity (Wildman–Crippen MR) is 20.3 cm³/mol. The van der Waals surface area contributed by atoms with E-state index in [2.05, 4.69) is 16.8 Å². The molecule has 0 rings (SSSR count). The van der Waals surface area contributed by atoms with E-state index in [1.165, 1.54) is 0 Å². The van der Waals surface area contributed by atoms with E-state index in [0.717, 1.165) is 0 Å². The smallest absolute Gasteiger partial charge is 0.0492 e. The number of hydrogen-bond acceptors (Lipinski definition) is 2. The monoisotopic (exact) mass is 77.0 g/mol. The minimum Gasteiger partial charge on any atom is -0.220 e. The van der Waals surface area contributed by atoms with E-state index in [0.29, 0.717) is 13.4 Å². The van der Waals surface area contributed by atoms with E-state index >= 15 is 0 Å². The zero-order valence-electron chi connectivity index (χ0n) is 3.27. The molecule has 2 heteroatoms. The summed E-state index contributed by atoms with van der Waals surface area (Å²) in [5.74, 6) is 0. The summed E-state index contributed by atoms with van der Waals surface area (Å²) < 4.78 is 9.69. The molecular formula is C2H5NS. The lowest BCUT2D eigenvalue weighted by molar-refractivity contribution is 1.16. The molecule has 0 amide bonds. The number of rotatable bonds is 1. The zero-order chi connectivity index (χ0) is 4.12. The lowest BCUT2D eigenvalue weighted by Crippen LogP contribution is -1.53. The molecule has 0 aromatic heterocycles. The predicted octanol–water partition coefficient (Wildman–Crippen LogP) is 0.737. The Morgan fingerprint density at radius 1 is 2.50 bits per heavy atom. The molecule has 0 saturated carbocycles. The first-order valence-corrected chi connectivity index (χ1v) is 1.36. The molecule has 0 N–H and O–H groups in total. The molecule has 1 nitrogen and oxygen atoms in total. The molecule has 0 unspecified atom stereocenters. The minimum absolute atomic E-state index is 0.323. The highest BCUT2D eigenvalue weighted by Crippen LogP contribution is 1.52. The normalized spacial score (nSPS) is 9.50. The topological polar surface area (TPSA) is 12.4 Å². The second kappa shape index (κ2) is 3.02. The van der Waals surface area contributed by atoms with E-state index < -0.39 is 0 Å². The average molecular weight is 77.1 g/mol. The SMILES string of the molecule is [3H]CCN=S. The molecular weight excluding hydrogens is 70.1 g/mol. The molecule has 0 aliphatic carbocycles. The van der Waals surface area contributed by atoms with Crippen molar-refractivity contribution >= 4 is 12.4 Å². The van der Waals surface area contributed by atoms with Crippen LogP contribution in [0.25, 0.3) is 0 Å². The van der Waals surface area contributed by atoms with Crippen LogP contribution in [0.3, 0.4) is 0 Å². The fourth-order valence-electron chi connectivity index (χ4n) is 0. The Morgan fingerprint density at radius 3 is 3.25 bits per heavy atom. The second-order valence-corrected chi connectivity index (χ2v) is 0.611. The molecule has 0 heterocycles. The van der Waals surface area contributed by atoms with Gasteiger partial charge in [0.25, 0.3) is 0 Å². The van der Waals surface area contributed by atoms with Crippen LogP contribution < -0.4 is 0 Å². The quantitative estimate of drug-likeness (QED) is 0.449. The van der Waals surface area contributed by atoms with Crippen molar-refractivity contribution in [1.82, 2.24) is 0 Å². The third kappa shape index (κ3) is 2.02. The van der Waals surface area contributed by atoms with Crippen molar-refractivity contribution in [2.45, 2.75) is 6.90 Å². The maximum atomic E-state index is 6.44. The highest BCUT2D eigenvalue weighted by atomic mass is 32.1. The first-order chi connectivity index (χ1) is 2.41. The third-order valence-corrected chi connectivity index (χ3v) is 0.274. The van der Waals surface area contributed by atoms with E-state index in [1.807, 2.05) is 0 Å². The summed E-state index contributed by atoms with van der Waals surface area (Å²) in [4.78, 5) is 0. The van der Waals surface area contributed by atoms with Gasteiger partial charge in [0, 0.05) is 20.3 Å². The highest BCUT2D eigenvalue weighted by Gasteiger charge is 1.46. The highest BCUT2D eigenvalue weighted by molar-refractivity contribution is 7.47. The minimum atomic E-state index is 0.323. The fourth-order valence-corrected chi connectivity index (χ4v) is 0. The average Bonchev–Trinajstić information content (AvgIpc) is 1.41. The van der Waals surface area contributed by atoms with Crippen molar-refractivity contribution in [3.63, 3.8) is 0 Å². The van der Waals surface area contributed by atoms with Crippen LogP contribution in [0.4, 0.5) is 0 Å². The van der Waals surface area contributed by atoms with Crippen LogP contribution >= 0.6 is 0 Å². The summed E-state index contributed by atoms with van der Waals surface area (Å²) in [6.07, 6.45) is 0. The lowest BCUT2D eigenvalue weighted by Gasteiger charge is -1.57. The molecule has 0 aliphatic rings. The molecule has 4 heavy (non-hydrogen) atoms. The van der Waals surface area contributed by atoms with Gasteiger partial charge < -0.3 is 0 Å². The Kier molecular flexibility index (Phi) is 1.71. The summed E-state index contributed by atoms with van der Waals surface area (Å²) in [7, 11) is 0. The van der Waals surface area contributed by atoms with Gasteiger partial charge in [-0.15, -0.1) is 0 Å². The van der Waals surface area contributed by atoms with Gasteiger partial charge in [0.2, 0.25) is 0 Å². The standard InChI is InChI=1S/C2H5NS/c1-2-3-4/h2H2,1H3/i1T. The molecule has 0 aliphatic heterocycles. The van der Waals surface area contributed by atoms with E-state index in [-0.39, 0.29) is 0 Å². The molecule has 0 spiro atoms. The van der Waals surface area contributed by atoms with Gasteiger partial charge in [-0.1, -0.05) is 0 Å². The van der Waals surface area contributed by atoms with Crippen molar-refractivity contribution in [3.8, 4) is 0 Å². The molecule has 0 atom stereocenters. The Labute approximate surface area is 32.6 Å². The van der Waals surface area contributed by atoms with Gasteiger partial charge in [-0.05, 0) is 6.90 Å². The van der Waals surface area contributed by atoms with Gasteiger partial charge >= 0.3 is 0 Å². The van der Waals surface area contributed by atoms with Crippen molar-refractivity contribution in [3.05, 3.63) is 0 Å². The first kappa shape index (κ1) is 2.27. The van der Waals surface area contributed by atoms with Gasteiger partial charge in [0.15, 0.2) is 0 Å². The zero-order valence-corrected chi connectivity index (χ0v) is 3.09. The maximum Gasteiger partial charge on any atom is 0.0492 e. The molecule has 24 valence electrons. The third-order valence-electron chi connectivity index (χ3n) is 0.0913. The van der Waals surface area contributed by atoms with E-state index in [4.69, 9.17) is 1.37 Å². The Hall–Kier alpha value is 0.0200. The van der Waals surface area contributed by atoms with Crippen LogP contribution in [0.5, 0.6) is 0 Å². The van der Waals surface area contributed by atoms with E-state index in [1.54, 1.807) is 0 Å². The fraction of sp³-hybridized carbons (Fsp3) is 1.00. The molecule has 0 radical (unpaired) electrons. The van der Waals surface area contributed by atoms with Crippen LogP contribution in [0.2, 0.25) is 0 Å². The van der Waals surface area contributed by atoms with Gasteiger partial charge in [-0.2, -0.15) is 0 Å². The first-order valence-electron chi connectivity index (χ1n) is 1.71. The van der Waals surface area contributed by atoms with Crippen molar-refractivity contribution in [2.24, 2.45) is 4.36 Å². The second-order valence-electron chi connectivity index (χ2n) is 0.353. The Bertz CT molecular complexity index is 30.8. The van der Waals surface area contributed by atoms with Crippen molar-refractivity contribution in [1.29, 1.82) is 0 Å². The van der Waals surface area contributed by atoms with Crippen LogP contribution in [0.1, 0.15) is 8.27 Å². The van der Waals surface area contributed by atoms with Gasteiger partial charge in [0.1, 0.15) is 0 Å². The van der Waals surface area contributed by atoms with Gasteiger partial charge in [-0.3, -0.25) is 0 Å². The maximum absolute atomic E-state index is 6.44. The van der Waals surface area contributed by atoms with Crippen LogP contribution in [0, 0.1) is 0 Å². The molecule has 0 saturated heterocycles. The Balaban J connectivity index is 2.40. The molecule has 0 bridgehead atoms. The summed E-state index contributed by atoms with van der Waals surface area (Å²) in [6, 6.07) is 0. The summed E-state index contributed by atoms with van der Waals surface area (Å²) in [5, 5.41) is 0. The molecule has 0 fully saturated rings. The summed E-state index contributed by atoms with van der Waals surface area (Å²) in [6.45, 7) is 0.818. The van der Waals surface area contributed by atoms with Gasteiger partial charge in [-0.25, -0.2) is 4.36 Å². The van der Waals surface area contributed by atoms with Crippen LogP contribution in [-0.2, 0) is 12.4 Å². The van der Waals surface area contributed by atoms with Crippen molar-refractivity contribution in [2.75, 3.05) is 6.54 Å².